The van der Waals surface area contributed by atoms with Gasteiger partial charge >= 0.3 is 11.9 Å². The lowest BCUT2D eigenvalue weighted by Crippen LogP contribution is -2.53. The van der Waals surface area contributed by atoms with E-state index in [1.165, 1.54) is 0 Å². The molecule has 194 valence electrons. The Balaban J connectivity index is 1.57. The minimum absolute atomic E-state index is 0.322. The molecule has 9 nitrogen and oxygen atoms in total. The second-order valence-electron chi connectivity index (χ2n) is 8.29. The zero-order valence-electron chi connectivity index (χ0n) is 20.0. The average Bonchev–Trinajstić information content (AvgIpc) is 2.92. The second kappa shape index (κ2) is 12.1. The number of hydrogen-bond acceptors (Lipinski definition) is 9. The predicted molar refractivity (Wildman–Crippen MR) is 132 cm³/mol. The molecule has 4 rings (SSSR count). The number of carbonyl (C=O) groups is 2. The van der Waals surface area contributed by atoms with Crippen LogP contribution in [0.1, 0.15) is 32.6 Å². The van der Waals surface area contributed by atoms with Gasteiger partial charge in [-0.05, 0) is 24.3 Å². The third-order valence-electron chi connectivity index (χ3n) is 5.46. The standard InChI is InChI=1S/C27H26O9S/c1-37(30,31)36-24-22(17-32-25(28)19-11-5-2-6-12-19)34-27(21-15-9-4-10-16-21)35-23(24)18-33-26(29)20-13-7-3-8-14-20/h2-16,22-24,27H,17-18H2,1H3. The fourth-order valence-electron chi connectivity index (χ4n) is 3.74. The highest BCUT2D eigenvalue weighted by Gasteiger charge is 2.44. The molecule has 1 heterocycles. The minimum atomic E-state index is -3.99. The molecule has 0 N–H and O–H groups in total. The van der Waals surface area contributed by atoms with Crippen LogP contribution in [-0.4, -0.2) is 58.1 Å². The van der Waals surface area contributed by atoms with Crippen LogP contribution in [0, 0.1) is 0 Å². The molecule has 2 atom stereocenters. The molecule has 0 aliphatic carbocycles. The van der Waals surface area contributed by atoms with Crippen LogP contribution in [0.2, 0.25) is 0 Å². The van der Waals surface area contributed by atoms with E-state index in [0.29, 0.717) is 16.7 Å². The van der Waals surface area contributed by atoms with Crippen LogP contribution in [0.5, 0.6) is 0 Å². The highest BCUT2D eigenvalue weighted by molar-refractivity contribution is 7.86. The van der Waals surface area contributed by atoms with Gasteiger partial charge in [0.2, 0.25) is 0 Å². The van der Waals surface area contributed by atoms with E-state index in [9.17, 15) is 18.0 Å². The number of benzene rings is 3. The fourth-order valence-corrected chi connectivity index (χ4v) is 4.39. The average molecular weight is 527 g/mol. The van der Waals surface area contributed by atoms with Crippen molar-refractivity contribution in [3.05, 3.63) is 108 Å². The lowest BCUT2D eigenvalue weighted by molar-refractivity contribution is -0.292. The van der Waals surface area contributed by atoms with Crippen molar-refractivity contribution in [2.75, 3.05) is 19.5 Å². The van der Waals surface area contributed by atoms with Gasteiger partial charge in [0.1, 0.15) is 31.5 Å². The summed E-state index contributed by atoms with van der Waals surface area (Å²) in [5.41, 5.74) is 1.28. The Morgan fingerprint density at radius 3 is 1.51 bits per heavy atom. The summed E-state index contributed by atoms with van der Waals surface area (Å²) in [6, 6.07) is 25.6. The molecular weight excluding hydrogens is 500 g/mol. The quantitative estimate of drug-likeness (QED) is 0.305. The third kappa shape index (κ3) is 7.46. The molecule has 37 heavy (non-hydrogen) atoms. The second-order valence-corrected chi connectivity index (χ2v) is 9.89. The van der Waals surface area contributed by atoms with Gasteiger partial charge in [-0.3, -0.25) is 4.18 Å². The molecule has 0 aromatic heterocycles. The number of ether oxygens (including phenoxy) is 4. The van der Waals surface area contributed by atoms with Crippen LogP contribution in [0.3, 0.4) is 0 Å². The maximum absolute atomic E-state index is 12.5. The van der Waals surface area contributed by atoms with Gasteiger partial charge in [-0.25, -0.2) is 9.59 Å². The fraction of sp³-hybridized carbons (Fsp3) is 0.259. The van der Waals surface area contributed by atoms with Crippen LogP contribution in [0.25, 0.3) is 0 Å². The summed E-state index contributed by atoms with van der Waals surface area (Å²) < 4.78 is 52.4. The van der Waals surface area contributed by atoms with Crippen molar-refractivity contribution < 1.29 is 41.1 Å². The van der Waals surface area contributed by atoms with Gasteiger partial charge in [-0.15, -0.1) is 0 Å². The number of rotatable bonds is 9. The zero-order valence-corrected chi connectivity index (χ0v) is 20.8. The predicted octanol–water partition coefficient (Wildman–Crippen LogP) is 3.53. The van der Waals surface area contributed by atoms with Gasteiger partial charge in [0.15, 0.2) is 6.29 Å². The monoisotopic (exact) mass is 526 g/mol. The summed E-state index contributed by atoms with van der Waals surface area (Å²) in [6.45, 7) is -0.659. The molecule has 0 amide bonds. The molecular formula is C27H26O9S. The van der Waals surface area contributed by atoms with Crippen LogP contribution < -0.4 is 0 Å². The molecule has 1 aliphatic rings. The van der Waals surface area contributed by atoms with E-state index >= 15 is 0 Å². The van der Waals surface area contributed by atoms with Crippen molar-refractivity contribution in [2.45, 2.75) is 24.6 Å². The summed E-state index contributed by atoms with van der Waals surface area (Å²) in [5, 5.41) is 0. The molecule has 0 spiro atoms. The molecule has 0 bridgehead atoms. The lowest BCUT2D eigenvalue weighted by Gasteiger charge is -2.40. The van der Waals surface area contributed by atoms with Crippen molar-refractivity contribution in [3.8, 4) is 0 Å². The van der Waals surface area contributed by atoms with Gasteiger partial charge < -0.3 is 18.9 Å². The van der Waals surface area contributed by atoms with Gasteiger partial charge in [0.05, 0.1) is 17.4 Å². The first kappa shape index (κ1) is 26.5. The van der Waals surface area contributed by atoms with Crippen molar-refractivity contribution in [2.24, 2.45) is 0 Å². The SMILES string of the molecule is CS(=O)(=O)OC1C(COC(=O)c2ccccc2)OC(c2ccccc2)OC1COC(=O)c1ccccc1. The van der Waals surface area contributed by atoms with Crippen molar-refractivity contribution in [1.29, 1.82) is 0 Å². The zero-order chi connectivity index (χ0) is 26.3. The molecule has 10 heteroatoms. The van der Waals surface area contributed by atoms with Gasteiger partial charge in [0, 0.05) is 5.56 Å². The highest BCUT2D eigenvalue weighted by atomic mass is 32.2. The summed E-state index contributed by atoms with van der Waals surface area (Å²) in [6.07, 6.45) is -3.44. The van der Waals surface area contributed by atoms with Crippen molar-refractivity contribution in [3.63, 3.8) is 0 Å². The Morgan fingerprint density at radius 2 is 1.11 bits per heavy atom. The van der Waals surface area contributed by atoms with Crippen LogP contribution in [0.4, 0.5) is 0 Å². The Hall–Kier alpha value is -3.57. The van der Waals surface area contributed by atoms with E-state index in [-0.39, 0.29) is 13.2 Å². The number of carbonyl (C=O) groups excluding carboxylic acids is 2. The topological polar surface area (TPSA) is 114 Å². The molecule has 3 aromatic rings. The molecule has 2 unspecified atom stereocenters. The van der Waals surface area contributed by atoms with Crippen LogP contribution in [0.15, 0.2) is 91.0 Å². The first-order valence-electron chi connectivity index (χ1n) is 11.5. The van der Waals surface area contributed by atoms with Gasteiger partial charge in [0.25, 0.3) is 10.1 Å². The highest BCUT2D eigenvalue weighted by Crippen LogP contribution is 2.33. The van der Waals surface area contributed by atoms with E-state index in [4.69, 9.17) is 23.1 Å². The molecule has 1 fully saturated rings. The Bertz CT molecular complexity index is 1220. The molecule has 1 aliphatic heterocycles. The van der Waals surface area contributed by atoms with Crippen molar-refractivity contribution in [1.82, 2.24) is 0 Å². The summed E-state index contributed by atoms with van der Waals surface area (Å²) in [7, 11) is -3.99. The van der Waals surface area contributed by atoms with Crippen LogP contribution >= 0.6 is 0 Å². The molecule has 0 radical (unpaired) electrons. The van der Waals surface area contributed by atoms with Gasteiger partial charge in [-0.1, -0.05) is 66.7 Å². The first-order valence-corrected chi connectivity index (χ1v) is 13.3. The Kier molecular flexibility index (Phi) is 8.67. The first-order chi connectivity index (χ1) is 17.8. The molecule has 0 saturated carbocycles. The third-order valence-corrected chi connectivity index (χ3v) is 6.04. The van der Waals surface area contributed by atoms with E-state index in [2.05, 4.69) is 0 Å². The number of hydrogen-bond donors (Lipinski definition) is 0. The normalized spacial score (nSPS) is 21.6. The maximum atomic E-state index is 12.5. The van der Waals surface area contributed by atoms with Crippen LogP contribution in [-0.2, 0) is 33.2 Å². The van der Waals surface area contributed by atoms with E-state index in [1.54, 1.807) is 84.9 Å². The van der Waals surface area contributed by atoms with E-state index in [1.807, 2.05) is 6.07 Å². The Morgan fingerprint density at radius 1 is 0.703 bits per heavy atom. The van der Waals surface area contributed by atoms with E-state index < -0.39 is 46.7 Å². The smallest absolute Gasteiger partial charge is 0.338 e. The Labute approximate surface area is 215 Å². The number of esters is 2. The lowest BCUT2D eigenvalue weighted by atomic mass is 10.1. The largest absolute Gasteiger partial charge is 0.459 e. The summed E-state index contributed by atoms with van der Waals surface area (Å²) in [4.78, 5) is 25.1. The molecule has 3 aromatic carbocycles. The summed E-state index contributed by atoms with van der Waals surface area (Å²) in [5.74, 6) is -1.23. The summed E-state index contributed by atoms with van der Waals surface area (Å²) >= 11 is 0. The van der Waals surface area contributed by atoms with Gasteiger partial charge in [-0.2, -0.15) is 8.42 Å². The van der Waals surface area contributed by atoms with E-state index in [0.717, 1.165) is 6.26 Å². The molecule has 1 saturated heterocycles. The maximum Gasteiger partial charge on any atom is 0.338 e. The minimum Gasteiger partial charge on any atom is -0.459 e. The van der Waals surface area contributed by atoms with Crippen molar-refractivity contribution >= 4 is 22.1 Å².